The van der Waals surface area contributed by atoms with E-state index in [0.29, 0.717) is 23.7 Å². The number of benzene rings is 2. The van der Waals surface area contributed by atoms with E-state index in [-0.39, 0.29) is 12.6 Å². The summed E-state index contributed by atoms with van der Waals surface area (Å²) in [5, 5.41) is 31.0. The van der Waals surface area contributed by atoms with Crippen LogP contribution in [-0.2, 0) is 0 Å². The summed E-state index contributed by atoms with van der Waals surface area (Å²) in [7, 11) is 3.78. The summed E-state index contributed by atoms with van der Waals surface area (Å²) in [6.45, 7) is 5.78. The third kappa shape index (κ3) is 5.69. The fourth-order valence-electron chi connectivity index (χ4n) is 3.74. The molecular weight excluding hydrogens is 418 g/mol. The molecule has 33 heavy (non-hydrogen) atoms. The second kappa shape index (κ2) is 11.2. The van der Waals surface area contributed by atoms with Gasteiger partial charge in [-0.1, -0.05) is 48.5 Å². The van der Waals surface area contributed by atoms with Crippen molar-refractivity contribution in [3.8, 4) is 16.9 Å². The lowest BCUT2D eigenvalue weighted by Crippen LogP contribution is -2.36. The van der Waals surface area contributed by atoms with Gasteiger partial charge in [-0.25, -0.2) is 4.98 Å². The van der Waals surface area contributed by atoms with Gasteiger partial charge < -0.3 is 29.5 Å². The predicted octanol–water partition coefficient (Wildman–Crippen LogP) is 3.37. The lowest BCUT2D eigenvalue weighted by molar-refractivity contribution is 0.116. The van der Waals surface area contributed by atoms with E-state index in [1.807, 2.05) is 67.5 Å². The standard InChI is InChI=1S/C26H33N3O4/c1-5-23(29-14-13-27-26(29)18(2)31)25(32)20-11-12-22(19-9-7-6-8-10-19)24(15-20)33-17-21(16-30)28(3)4/h5-15,18,21,23,25,30-32H,1,16-17H2,2-4H3/t18-,21?,23?,25?/m0/s1. The fourth-order valence-corrected chi connectivity index (χ4v) is 3.74. The van der Waals surface area contributed by atoms with Crippen molar-refractivity contribution in [3.05, 3.63) is 85.0 Å². The van der Waals surface area contributed by atoms with Gasteiger partial charge in [0.25, 0.3) is 0 Å². The highest BCUT2D eigenvalue weighted by molar-refractivity contribution is 5.71. The average molecular weight is 452 g/mol. The summed E-state index contributed by atoms with van der Waals surface area (Å²) < 4.78 is 7.89. The molecule has 7 nitrogen and oxygen atoms in total. The van der Waals surface area contributed by atoms with Gasteiger partial charge in [0.15, 0.2) is 0 Å². The summed E-state index contributed by atoms with van der Waals surface area (Å²) in [6.07, 6.45) is 3.22. The zero-order chi connectivity index (χ0) is 24.0. The first-order valence-electron chi connectivity index (χ1n) is 11.0. The zero-order valence-corrected chi connectivity index (χ0v) is 19.4. The summed E-state index contributed by atoms with van der Waals surface area (Å²) in [6, 6.07) is 14.8. The Morgan fingerprint density at radius 2 is 1.88 bits per heavy atom. The van der Waals surface area contributed by atoms with Gasteiger partial charge in [0.1, 0.15) is 30.4 Å². The van der Waals surface area contributed by atoms with Gasteiger partial charge in [0, 0.05) is 18.0 Å². The quantitative estimate of drug-likeness (QED) is 0.387. The molecule has 0 bridgehead atoms. The molecule has 0 radical (unpaired) electrons. The van der Waals surface area contributed by atoms with E-state index in [2.05, 4.69) is 11.6 Å². The number of aliphatic hydroxyl groups is 3. The minimum atomic E-state index is -0.941. The van der Waals surface area contributed by atoms with Gasteiger partial charge in [-0.3, -0.25) is 0 Å². The van der Waals surface area contributed by atoms with Crippen LogP contribution in [0.4, 0.5) is 0 Å². The molecule has 0 saturated carbocycles. The van der Waals surface area contributed by atoms with Crippen LogP contribution in [0.3, 0.4) is 0 Å². The van der Waals surface area contributed by atoms with Crippen molar-refractivity contribution < 1.29 is 20.1 Å². The summed E-state index contributed by atoms with van der Waals surface area (Å²) in [5.41, 5.74) is 2.53. The first-order valence-corrected chi connectivity index (χ1v) is 11.0. The van der Waals surface area contributed by atoms with E-state index in [9.17, 15) is 15.3 Å². The van der Waals surface area contributed by atoms with Crippen molar-refractivity contribution in [3.63, 3.8) is 0 Å². The first-order chi connectivity index (χ1) is 15.9. The van der Waals surface area contributed by atoms with Crippen LogP contribution in [0, 0.1) is 0 Å². The van der Waals surface area contributed by atoms with Crippen molar-refractivity contribution in [2.24, 2.45) is 0 Å². The van der Waals surface area contributed by atoms with Crippen molar-refractivity contribution in [1.82, 2.24) is 14.5 Å². The lowest BCUT2D eigenvalue weighted by atomic mass is 9.97. The SMILES string of the molecule is C=CC(C(O)c1ccc(-c2ccccc2)c(OCC(CO)N(C)C)c1)n1ccnc1[C@H](C)O. The van der Waals surface area contributed by atoms with Gasteiger partial charge >= 0.3 is 0 Å². The number of likely N-dealkylation sites (N-methyl/N-ethyl adjacent to an activating group) is 1. The number of hydrogen-bond donors (Lipinski definition) is 3. The molecule has 3 unspecified atom stereocenters. The van der Waals surface area contributed by atoms with Crippen LogP contribution in [0.1, 0.15) is 36.6 Å². The molecule has 0 aliphatic carbocycles. The van der Waals surface area contributed by atoms with Crippen molar-refractivity contribution in [2.75, 3.05) is 27.3 Å². The number of nitrogens with zero attached hydrogens (tertiary/aromatic N) is 3. The highest BCUT2D eigenvalue weighted by atomic mass is 16.5. The molecule has 0 aliphatic rings. The second-order valence-electron chi connectivity index (χ2n) is 8.27. The summed E-state index contributed by atoms with van der Waals surface area (Å²) in [4.78, 5) is 6.12. The number of ether oxygens (including phenoxy) is 1. The molecule has 0 amide bonds. The monoisotopic (exact) mass is 451 g/mol. The van der Waals surface area contributed by atoms with E-state index in [1.54, 1.807) is 30.0 Å². The van der Waals surface area contributed by atoms with E-state index in [4.69, 9.17) is 4.74 Å². The van der Waals surface area contributed by atoms with E-state index < -0.39 is 18.2 Å². The molecule has 0 spiro atoms. The predicted molar refractivity (Wildman–Crippen MR) is 129 cm³/mol. The van der Waals surface area contributed by atoms with Gasteiger partial charge in [-0.2, -0.15) is 0 Å². The van der Waals surface area contributed by atoms with Gasteiger partial charge in [0.2, 0.25) is 0 Å². The number of hydrogen-bond acceptors (Lipinski definition) is 6. The molecule has 7 heteroatoms. The Balaban J connectivity index is 1.98. The van der Waals surface area contributed by atoms with Crippen LogP contribution in [0.25, 0.3) is 11.1 Å². The topological polar surface area (TPSA) is 91.0 Å². The molecule has 0 fully saturated rings. The maximum absolute atomic E-state index is 11.3. The van der Waals surface area contributed by atoms with Crippen molar-refractivity contribution in [1.29, 1.82) is 0 Å². The summed E-state index contributed by atoms with van der Waals surface area (Å²) in [5.74, 6) is 1.07. The number of rotatable bonds is 11. The van der Waals surface area contributed by atoms with Gasteiger partial charge in [-0.05, 0) is 38.2 Å². The van der Waals surface area contributed by atoms with Crippen molar-refractivity contribution in [2.45, 2.75) is 31.2 Å². The summed E-state index contributed by atoms with van der Waals surface area (Å²) >= 11 is 0. The Morgan fingerprint density at radius 1 is 1.15 bits per heavy atom. The third-order valence-electron chi connectivity index (χ3n) is 5.76. The Labute approximate surface area is 195 Å². The molecule has 4 atom stereocenters. The molecule has 3 rings (SSSR count). The largest absolute Gasteiger partial charge is 0.491 e. The first kappa shape index (κ1) is 24.7. The van der Waals surface area contributed by atoms with E-state index >= 15 is 0 Å². The molecule has 176 valence electrons. The molecule has 1 aromatic heterocycles. The Kier molecular flexibility index (Phi) is 8.41. The van der Waals surface area contributed by atoms with Crippen LogP contribution in [0.15, 0.2) is 73.6 Å². The fraction of sp³-hybridized carbons (Fsp3) is 0.346. The van der Waals surface area contributed by atoms with Crippen LogP contribution in [0.2, 0.25) is 0 Å². The maximum Gasteiger partial charge on any atom is 0.137 e. The maximum atomic E-state index is 11.3. The highest BCUT2D eigenvalue weighted by Gasteiger charge is 2.25. The zero-order valence-electron chi connectivity index (χ0n) is 19.4. The molecule has 1 heterocycles. The highest BCUT2D eigenvalue weighted by Crippen LogP contribution is 2.36. The molecule has 3 N–H and O–H groups in total. The van der Waals surface area contributed by atoms with Gasteiger partial charge in [-0.15, -0.1) is 6.58 Å². The number of imidazole rings is 1. The average Bonchev–Trinajstić information content (AvgIpc) is 3.30. The molecular formula is C26H33N3O4. The van der Waals surface area contributed by atoms with Crippen LogP contribution >= 0.6 is 0 Å². The minimum Gasteiger partial charge on any atom is -0.491 e. The lowest BCUT2D eigenvalue weighted by Gasteiger charge is -2.26. The van der Waals surface area contributed by atoms with Crippen LogP contribution in [-0.4, -0.2) is 63.1 Å². The molecule has 0 saturated heterocycles. The van der Waals surface area contributed by atoms with E-state index in [0.717, 1.165) is 11.1 Å². The van der Waals surface area contributed by atoms with Crippen LogP contribution < -0.4 is 4.74 Å². The molecule has 0 aliphatic heterocycles. The molecule has 3 aromatic rings. The molecule has 2 aromatic carbocycles. The minimum absolute atomic E-state index is 0.0305. The second-order valence-corrected chi connectivity index (χ2v) is 8.27. The smallest absolute Gasteiger partial charge is 0.137 e. The number of aromatic nitrogens is 2. The number of aliphatic hydroxyl groups excluding tert-OH is 3. The van der Waals surface area contributed by atoms with Gasteiger partial charge in [0.05, 0.1) is 18.7 Å². The van der Waals surface area contributed by atoms with E-state index in [1.165, 1.54) is 0 Å². The Morgan fingerprint density at radius 3 is 2.48 bits per heavy atom. The third-order valence-corrected chi connectivity index (χ3v) is 5.76. The Hall–Kier alpha value is -2.97. The van der Waals surface area contributed by atoms with Crippen LogP contribution in [0.5, 0.6) is 5.75 Å². The normalized spacial score (nSPS) is 15.1. The van der Waals surface area contributed by atoms with Crippen molar-refractivity contribution >= 4 is 0 Å². The Bertz CT molecular complexity index is 1030.